The Hall–Kier alpha value is -2.89. The van der Waals surface area contributed by atoms with Gasteiger partial charge in [-0.3, -0.25) is 10.1 Å². The average Bonchev–Trinajstić information content (AvgIpc) is 2.83. The number of nitro benzene ring substituents is 1. The third-order valence-corrected chi connectivity index (χ3v) is 2.41. The van der Waals surface area contributed by atoms with Crippen LogP contribution in [0.3, 0.4) is 0 Å². The number of rotatable bonds is 4. The summed E-state index contributed by atoms with van der Waals surface area (Å²) in [5.41, 5.74) is -0.0635. The molecule has 0 bridgehead atoms. The van der Waals surface area contributed by atoms with Crippen molar-refractivity contribution in [2.75, 3.05) is 0 Å². The first-order valence-corrected chi connectivity index (χ1v) is 5.75. The van der Waals surface area contributed by atoms with Crippen LogP contribution >= 0.6 is 0 Å². The lowest BCUT2D eigenvalue weighted by Gasteiger charge is -2.00. The first-order chi connectivity index (χ1) is 9.54. The van der Waals surface area contributed by atoms with Crippen molar-refractivity contribution in [1.82, 2.24) is 0 Å². The molecule has 1 aromatic heterocycles. The second kappa shape index (κ2) is 5.83. The molecule has 102 valence electrons. The Morgan fingerprint density at radius 3 is 2.50 bits per heavy atom. The summed E-state index contributed by atoms with van der Waals surface area (Å²) in [4.78, 5) is 21.5. The quantitative estimate of drug-likeness (QED) is 0.281. The van der Waals surface area contributed by atoms with E-state index in [1.165, 1.54) is 36.4 Å². The van der Waals surface area contributed by atoms with E-state index in [1.807, 2.05) is 0 Å². The van der Waals surface area contributed by atoms with Gasteiger partial charge >= 0.3 is 5.97 Å². The smallest absolute Gasteiger partial charge is 0.336 e. The number of hydrogen-bond acceptors (Lipinski definition) is 5. The zero-order valence-corrected chi connectivity index (χ0v) is 10.6. The zero-order chi connectivity index (χ0) is 14.5. The van der Waals surface area contributed by atoms with Gasteiger partial charge in [0.15, 0.2) is 0 Å². The Bertz CT molecular complexity index is 654. The van der Waals surface area contributed by atoms with Gasteiger partial charge in [-0.05, 0) is 37.3 Å². The van der Waals surface area contributed by atoms with E-state index in [9.17, 15) is 14.9 Å². The lowest BCUT2D eigenvalue weighted by molar-refractivity contribution is -0.384. The predicted octanol–water partition coefficient (Wildman–Crippen LogP) is 3.12. The van der Waals surface area contributed by atoms with Crippen LogP contribution in [0.5, 0.6) is 5.75 Å². The molecule has 6 heteroatoms. The molecule has 0 fully saturated rings. The maximum absolute atomic E-state index is 11.5. The van der Waals surface area contributed by atoms with Crippen molar-refractivity contribution in [2.45, 2.75) is 6.92 Å². The Labute approximate surface area is 114 Å². The summed E-state index contributed by atoms with van der Waals surface area (Å²) in [7, 11) is 0. The van der Waals surface area contributed by atoms with Crippen molar-refractivity contribution in [3.8, 4) is 5.75 Å². The maximum Gasteiger partial charge on any atom is 0.336 e. The summed E-state index contributed by atoms with van der Waals surface area (Å²) in [5.74, 6) is 0.935. The fraction of sp³-hybridized carbons (Fsp3) is 0.0714. The lowest BCUT2D eigenvalue weighted by atomic mass is 10.3. The molecule has 0 aliphatic heterocycles. The number of carbonyl (C=O) groups is 1. The van der Waals surface area contributed by atoms with Gasteiger partial charge in [-0.15, -0.1) is 0 Å². The SMILES string of the molecule is Cc1ccc(/C=C/C(=O)Oc2ccc([N+](=O)[O-])cc2)o1. The molecule has 2 rings (SSSR count). The van der Waals surface area contributed by atoms with Gasteiger partial charge in [0.05, 0.1) is 4.92 Å². The number of ether oxygens (including phenoxy) is 1. The molecule has 0 saturated carbocycles. The number of non-ortho nitro benzene ring substituents is 1. The molecule has 0 unspecified atom stereocenters. The molecule has 6 nitrogen and oxygen atoms in total. The molecule has 0 saturated heterocycles. The highest BCUT2D eigenvalue weighted by Gasteiger charge is 2.06. The highest BCUT2D eigenvalue weighted by molar-refractivity contribution is 5.88. The largest absolute Gasteiger partial charge is 0.462 e. The van der Waals surface area contributed by atoms with Crippen molar-refractivity contribution in [2.24, 2.45) is 0 Å². The predicted molar refractivity (Wildman–Crippen MR) is 71.2 cm³/mol. The number of nitro groups is 1. The van der Waals surface area contributed by atoms with E-state index in [0.29, 0.717) is 5.76 Å². The van der Waals surface area contributed by atoms with E-state index in [1.54, 1.807) is 19.1 Å². The maximum atomic E-state index is 11.5. The molecule has 0 N–H and O–H groups in total. The van der Waals surface area contributed by atoms with Crippen LogP contribution in [0.1, 0.15) is 11.5 Å². The van der Waals surface area contributed by atoms with E-state index in [0.717, 1.165) is 5.76 Å². The molecule has 1 aromatic carbocycles. The summed E-state index contributed by atoms with van der Waals surface area (Å²) in [6, 6.07) is 8.76. The van der Waals surface area contributed by atoms with E-state index in [2.05, 4.69) is 0 Å². The van der Waals surface area contributed by atoms with Crippen molar-refractivity contribution >= 4 is 17.7 Å². The van der Waals surface area contributed by atoms with Crippen LogP contribution in [0, 0.1) is 17.0 Å². The first kappa shape index (κ1) is 13.5. The average molecular weight is 273 g/mol. The summed E-state index contributed by atoms with van der Waals surface area (Å²) in [5, 5.41) is 10.5. The van der Waals surface area contributed by atoms with Gasteiger partial charge in [-0.1, -0.05) is 0 Å². The second-order valence-electron chi connectivity index (χ2n) is 3.95. The molecular weight excluding hydrogens is 262 g/mol. The topological polar surface area (TPSA) is 82.6 Å². The first-order valence-electron chi connectivity index (χ1n) is 5.75. The van der Waals surface area contributed by atoms with Gasteiger partial charge in [-0.25, -0.2) is 4.79 Å². The second-order valence-corrected chi connectivity index (χ2v) is 3.95. The van der Waals surface area contributed by atoms with Crippen molar-refractivity contribution < 1.29 is 18.9 Å². The van der Waals surface area contributed by atoms with Crippen LogP contribution in [0.4, 0.5) is 5.69 Å². The molecule has 0 spiro atoms. The zero-order valence-electron chi connectivity index (χ0n) is 10.6. The minimum absolute atomic E-state index is 0.0635. The molecule has 20 heavy (non-hydrogen) atoms. The van der Waals surface area contributed by atoms with E-state index in [4.69, 9.17) is 9.15 Å². The molecule has 0 atom stereocenters. The summed E-state index contributed by atoms with van der Waals surface area (Å²) in [6.07, 6.45) is 2.71. The lowest BCUT2D eigenvalue weighted by Crippen LogP contribution is -2.03. The Morgan fingerprint density at radius 2 is 1.95 bits per heavy atom. The number of furan rings is 1. The van der Waals surface area contributed by atoms with Gasteiger partial charge in [0.25, 0.3) is 5.69 Å². The van der Waals surface area contributed by atoms with Crippen molar-refractivity contribution in [1.29, 1.82) is 0 Å². The number of carbonyl (C=O) groups excluding carboxylic acids is 1. The standard InChI is InChI=1S/C14H11NO5/c1-10-2-5-12(19-10)8-9-14(16)20-13-6-3-11(4-7-13)15(17)18/h2-9H,1H3/b9-8+. The third-order valence-electron chi connectivity index (χ3n) is 2.41. The van der Waals surface area contributed by atoms with Crippen molar-refractivity contribution in [3.63, 3.8) is 0 Å². The highest BCUT2D eigenvalue weighted by atomic mass is 16.6. The van der Waals surface area contributed by atoms with Crippen LogP contribution in [0.2, 0.25) is 0 Å². The van der Waals surface area contributed by atoms with E-state index < -0.39 is 10.9 Å². The molecule has 0 radical (unpaired) electrons. The van der Waals surface area contributed by atoms with Crippen LogP contribution in [-0.2, 0) is 4.79 Å². The van der Waals surface area contributed by atoms with Gasteiger partial charge in [-0.2, -0.15) is 0 Å². The fourth-order valence-corrected chi connectivity index (χ4v) is 1.48. The van der Waals surface area contributed by atoms with Crippen LogP contribution in [0.15, 0.2) is 46.9 Å². The third kappa shape index (κ3) is 3.55. The minimum atomic E-state index is -0.590. The number of hydrogen-bond donors (Lipinski definition) is 0. The fourth-order valence-electron chi connectivity index (χ4n) is 1.48. The van der Waals surface area contributed by atoms with Crippen LogP contribution < -0.4 is 4.74 Å². The molecular formula is C14H11NO5. The van der Waals surface area contributed by atoms with Crippen LogP contribution in [-0.4, -0.2) is 10.9 Å². The van der Waals surface area contributed by atoms with Gasteiger partial charge in [0.1, 0.15) is 17.3 Å². The number of aryl methyl sites for hydroxylation is 1. The molecule has 1 heterocycles. The van der Waals surface area contributed by atoms with Crippen LogP contribution in [0.25, 0.3) is 6.08 Å². The van der Waals surface area contributed by atoms with E-state index >= 15 is 0 Å². The summed E-state index contributed by atoms with van der Waals surface area (Å²) >= 11 is 0. The minimum Gasteiger partial charge on any atom is -0.462 e. The highest BCUT2D eigenvalue weighted by Crippen LogP contribution is 2.17. The Morgan fingerprint density at radius 1 is 1.25 bits per heavy atom. The molecule has 0 aliphatic carbocycles. The normalized spacial score (nSPS) is 10.7. The Balaban J connectivity index is 1.97. The number of benzene rings is 1. The monoisotopic (exact) mass is 273 g/mol. The summed E-state index contributed by atoms with van der Waals surface area (Å²) in [6.45, 7) is 1.80. The van der Waals surface area contributed by atoms with Crippen molar-refractivity contribution in [3.05, 3.63) is 64.1 Å². The van der Waals surface area contributed by atoms with E-state index in [-0.39, 0.29) is 11.4 Å². The number of esters is 1. The summed E-state index contributed by atoms with van der Waals surface area (Å²) < 4.78 is 10.2. The molecule has 0 amide bonds. The Kier molecular flexibility index (Phi) is 3.95. The molecule has 0 aliphatic rings. The number of nitrogens with zero attached hydrogens (tertiary/aromatic N) is 1. The van der Waals surface area contributed by atoms with Gasteiger partial charge < -0.3 is 9.15 Å². The van der Waals surface area contributed by atoms with Gasteiger partial charge in [0, 0.05) is 18.2 Å². The molecule has 2 aromatic rings. The van der Waals surface area contributed by atoms with Gasteiger partial charge in [0.2, 0.25) is 0 Å².